The van der Waals surface area contributed by atoms with E-state index in [0.29, 0.717) is 63.0 Å². The van der Waals surface area contributed by atoms with Crippen LogP contribution >= 0.6 is 23.4 Å². The van der Waals surface area contributed by atoms with Gasteiger partial charge in [-0.2, -0.15) is 11.8 Å². The van der Waals surface area contributed by atoms with E-state index < -0.39 is 18.3 Å². The van der Waals surface area contributed by atoms with Crippen molar-refractivity contribution < 1.29 is 23.4 Å². The van der Waals surface area contributed by atoms with Gasteiger partial charge in [0.05, 0.1) is 30.9 Å². The minimum Gasteiger partial charge on any atom is -0.481 e. The average molecular weight is 643 g/mol. The second-order valence-electron chi connectivity index (χ2n) is 13.5. The number of thioether (sulfide) groups is 1. The van der Waals surface area contributed by atoms with Gasteiger partial charge < -0.3 is 15.2 Å². The summed E-state index contributed by atoms with van der Waals surface area (Å²) >= 11 is 8.49. The van der Waals surface area contributed by atoms with Crippen molar-refractivity contribution in [2.75, 3.05) is 25.4 Å². The minimum atomic E-state index is -2.29. The Bertz CT molecular complexity index is 1240. The Kier molecular flexibility index (Phi) is 9.75. The molecule has 0 spiro atoms. The largest absolute Gasteiger partial charge is 0.481 e. The molecule has 6 rings (SSSR count). The Hall–Kier alpha value is -1.27. The molecule has 1 saturated carbocycles. The standard InChI is InChI=1S/C31H45ClF2N4O4S/c1-16-11-22(28-27(35-16)24(15-43-28)31(40)41)21-12-19(32)3-6-26(21)42-10-9-38-17(2)36-25-5-4-20(13-23(25)30(38)39)37-8-7-18(14-37)29(33)34/h16,18-22,24,26-29,35H,3-15H2,1-2H3,(H,40,41)/t16?,18-,19?,20+,21?,22?,24?,26?,27?,28?/m1/s1. The summed E-state index contributed by atoms with van der Waals surface area (Å²) in [4.78, 5) is 32.6. The van der Waals surface area contributed by atoms with Gasteiger partial charge in [0.15, 0.2) is 0 Å². The second kappa shape index (κ2) is 13.2. The van der Waals surface area contributed by atoms with E-state index in [-0.39, 0.29) is 52.3 Å². The van der Waals surface area contributed by atoms with Crippen molar-refractivity contribution in [3.8, 4) is 0 Å². The van der Waals surface area contributed by atoms with E-state index in [2.05, 4.69) is 17.1 Å². The van der Waals surface area contributed by atoms with E-state index in [4.69, 9.17) is 21.3 Å². The van der Waals surface area contributed by atoms with Gasteiger partial charge >= 0.3 is 5.97 Å². The molecule has 12 heteroatoms. The summed E-state index contributed by atoms with van der Waals surface area (Å²) in [6.45, 7) is 5.87. The molecule has 8 unspecified atom stereocenters. The lowest BCUT2D eigenvalue weighted by Crippen LogP contribution is -2.57. The number of likely N-dealkylation sites (tertiary alicyclic amines) is 1. The van der Waals surface area contributed by atoms with Gasteiger partial charge in [0, 0.05) is 52.5 Å². The van der Waals surface area contributed by atoms with Gasteiger partial charge in [-0.05, 0) is 83.6 Å². The highest BCUT2D eigenvalue weighted by Crippen LogP contribution is 2.48. The number of ether oxygens (including phenoxy) is 1. The van der Waals surface area contributed by atoms with Crippen LogP contribution in [0.3, 0.4) is 0 Å². The maximum Gasteiger partial charge on any atom is 0.308 e. The van der Waals surface area contributed by atoms with Gasteiger partial charge in [-0.25, -0.2) is 13.8 Å². The first-order valence-corrected chi connectivity index (χ1v) is 17.6. The predicted molar refractivity (Wildman–Crippen MR) is 163 cm³/mol. The molecule has 0 bridgehead atoms. The van der Waals surface area contributed by atoms with Crippen LogP contribution in [0.5, 0.6) is 0 Å². The fraction of sp³-hybridized carbons (Fsp3) is 0.839. The smallest absolute Gasteiger partial charge is 0.308 e. The minimum absolute atomic E-state index is 0.0133. The highest BCUT2D eigenvalue weighted by atomic mass is 35.5. The molecular formula is C31H45ClF2N4O4S. The Morgan fingerprint density at radius 3 is 2.79 bits per heavy atom. The van der Waals surface area contributed by atoms with E-state index in [1.165, 1.54) is 0 Å². The first-order chi connectivity index (χ1) is 20.6. The number of halogens is 3. The molecule has 4 fully saturated rings. The Balaban J connectivity index is 1.12. The van der Waals surface area contributed by atoms with Crippen LogP contribution in [0.2, 0.25) is 0 Å². The molecule has 43 heavy (non-hydrogen) atoms. The van der Waals surface area contributed by atoms with Crippen LogP contribution in [0, 0.1) is 30.6 Å². The molecule has 8 nitrogen and oxygen atoms in total. The van der Waals surface area contributed by atoms with Gasteiger partial charge in [0.25, 0.3) is 5.56 Å². The molecule has 2 N–H and O–H groups in total. The Morgan fingerprint density at radius 2 is 2.05 bits per heavy atom. The molecule has 10 atom stereocenters. The average Bonchev–Trinajstić information content (AvgIpc) is 3.63. The number of rotatable bonds is 8. The quantitative estimate of drug-likeness (QED) is 0.412. The SMILES string of the molecule is Cc1nc2c(c(=O)n1CCOC1CCC(Cl)CC1C1CC(C)NC3C(C(=O)O)CSC13)C[C@@H](N1CC[C@@H](C(F)F)C1)CC2. The highest BCUT2D eigenvalue weighted by Gasteiger charge is 2.51. The number of nitrogens with zero attached hydrogens (tertiary/aromatic N) is 3. The molecule has 2 aliphatic carbocycles. The van der Waals surface area contributed by atoms with E-state index >= 15 is 0 Å². The van der Waals surface area contributed by atoms with Crippen molar-refractivity contribution in [3.63, 3.8) is 0 Å². The number of carboxylic acids is 1. The van der Waals surface area contributed by atoms with Crippen LogP contribution in [0.4, 0.5) is 8.78 Å². The molecule has 3 saturated heterocycles. The summed E-state index contributed by atoms with van der Waals surface area (Å²) < 4.78 is 34.8. The molecule has 0 aromatic carbocycles. The topological polar surface area (TPSA) is 96.7 Å². The number of nitrogens with one attached hydrogen (secondary N) is 1. The summed E-state index contributed by atoms with van der Waals surface area (Å²) in [5.74, 6) is 0.197. The Labute approximate surface area is 261 Å². The number of aliphatic carboxylic acids is 1. The molecule has 240 valence electrons. The van der Waals surface area contributed by atoms with Crippen LogP contribution in [0.25, 0.3) is 0 Å². The Morgan fingerprint density at radius 1 is 1.23 bits per heavy atom. The van der Waals surface area contributed by atoms with Gasteiger partial charge in [-0.1, -0.05) is 0 Å². The highest BCUT2D eigenvalue weighted by molar-refractivity contribution is 8.00. The molecule has 0 radical (unpaired) electrons. The fourth-order valence-electron chi connectivity index (χ4n) is 8.65. The van der Waals surface area contributed by atoms with Crippen LogP contribution < -0.4 is 10.9 Å². The molecule has 1 aromatic rings. The number of carboxylic acid groups (broad SMARTS) is 1. The summed E-state index contributed by atoms with van der Waals surface area (Å²) in [6.07, 6.45) is 3.90. The van der Waals surface area contributed by atoms with E-state index in [0.717, 1.165) is 43.4 Å². The lowest BCUT2D eigenvalue weighted by atomic mass is 9.70. The maximum atomic E-state index is 13.7. The number of hydrogen-bond donors (Lipinski definition) is 2. The van der Waals surface area contributed by atoms with E-state index in [9.17, 15) is 23.5 Å². The van der Waals surface area contributed by atoms with Crippen LogP contribution in [0.1, 0.15) is 62.5 Å². The molecule has 5 aliphatic rings. The number of aryl methyl sites for hydroxylation is 2. The number of carbonyl (C=O) groups is 1. The third-order valence-electron chi connectivity index (χ3n) is 10.9. The zero-order chi connectivity index (χ0) is 30.4. The summed E-state index contributed by atoms with van der Waals surface area (Å²) in [5, 5.41) is 13.7. The van der Waals surface area contributed by atoms with Gasteiger partial charge in [0.2, 0.25) is 6.43 Å². The summed E-state index contributed by atoms with van der Waals surface area (Å²) in [7, 11) is 0. The first-order valence-electron chi connectivity index (χ1n) is 16.1. The second-order valence-corrected chi connectivity index (χ2v) is 15.4. The molecule has 4 heterocycles. The first kappa shape index (κ1) is 31.7. The number of aromatic nitrogens is 2. The van der Waals surface area contributed by atoms with Crippen molar-refractivity contribution >= 4 is 29.3 Å². The lowest BCUT2D eigenvalue weighted by Gasteiger charge is -2.47. The third kappa shape index (κ3) is 6.53. The number of piperidine rings is 1. The summed E-state index contributed by atoms with van der Waals surface area (Å²) in [6, 6.07) is 0.299. The molecule has 0 amide bonds. The van der Waals surface area contributed by atoms with Crippen molar-refractivity contribution in [3.05, 3.63) is 27.4 Å². The fourth-order valence-corrected chi connectivity index (χ4v) is 10.8. The van der Waals surface area contributed by atoms with Crippen LogP contribution in [-0.4, -0.2) is 92.3 Å². The van der Waals surface area contributed by atoms with E-state index in [1.54, 1.807) is 16.3 Å². The zero-order valence-corrected chi connectivity index (χ0v) is 26.7. The van der Waals surface area contributed by atoms with Crippen molar-refractivity contribution in [2.45, 2.75) is 113 Å². The monoisotopic (exact) mass is 642 g/mol. The lowest BCUT2D eigenvalue weighted by molar-refractivity contribution is -0.142. The van der Waals surface area contributed by atoms with Crippen LogP contribution in [-0.2, 0) is 28.9 Å². The number of fused-ring (bicyclic) bond motifs is 2. The van der Waals surface area contributed by atoms with Crippen molar-refractivity contribution in [1.29, 1.82) is 0 Å². The zero-order valence-electron chi connectivity index (χ0n) is 25.1. The maximum absolute atomic E-state index is 13.7. The van der Waals surface area contributed by atoms with Crippen molar-refractivity contribution in [1.82, 2.24) is 19.8 Å². The predicted octanol–water partition coefficient (Wildman–Crippen LogP) is 3.97. The van der Waals surface area contributed by atoms with Crippen molar-refractivity contribution in [2.24, 2.45) is 23.7 Å². The third-order valence-corrected chi connectivity index (χ3v) is 12.9. The normalized spacial score (nSPS) is 38.3. The van der Waals surface area contributed by atoms with Crippen LogP contribution in [0.15, 0.2) is 4.79 Å². The molecule has 3 aliphatic heterocycles. The van der Waals surface area contributed by atoms with Gasteiger partial charge in [-0.3, -0.25) is 19.1 Å². The summed E-state index contributed by atoms with van der Waals surface area (Å²) in [5.41, 5.74) is 1.55. The number of alkyl halides is 3. The van der Waals surface area contributed by atoms with Gasteiger partial charge in [0.1, 0.15) is 5.82 Å². The van der Waals surface area contributed by atoms with E-state index in [1.807, 2.05) is 6.92 Å². The molecular weight excluding hydrogens is 598 g/mol. The number of hydrogen-bond acceptors (Lipinski definition) is 7. The molecule has 1 aromatic heterocycles. The van der Waals surface area contributed by atoms with Gasteiger partial charge in [-0.15, -0.1) is 11.6 Å².